The van der Waals surface area contributed by atoms with E-state index in [0.29, 0.717) is 0 Å². The van der Waals surface area contributed by atoms with E-state index in [1.165, 1.54) is 32.0 Å². The van der Waals surface area contributed by atoms with E-state index in [1.54, 1.807) is 4.72 Å². The third-order valence-corrected chi connectivity index (χ3v) is 5.12. The maximum Gasteiger partial charge on any atom is 0.422 e. The fraction of sp³-hybridized carbons (Fsp3) is 0.357. The maximum absolute atomic E-state index is 13.4. The molecule has 1 heterocycles. The quantitative estimate of drug-likeness (QED) is 0.847. The van der Waals surface area contributed by atoms with E-state index >= 15 is 0 Å². The number of nitrogens with one attached hydrogen (secondary N) is 1. The molecule has 1 atom stereocenters. The molecule has 24 heavy (non-hydrogen) atoms. The molecule has 6 nitrogen and oxygen atoms in total. The number of aromatic nitrogens is 1. The van der Waals surface area contributed by atoms with E-state index < -0.39 is 33.9 Å². The van der Waals surface area contributed by atoms with Crippen LogP contribution in [0.5, 0.6) is 0 Å². The standard InChI is InChI=1S/C14H15F3N2O4S/c1-9-12(10(2)23-19-9)24(21,22)18-8-13(20,14(15,16)17)11-6-4-3-5-7-11/h3-7,18,20H,8H2,1-2H3. The molecule has 2 N–H and O–H groups in total. The summed E-state index contributed by atoms with van der Waals surface area (Å²) in [4.78, 5) is -0.347. The lowest BCUT2D eigenvalue weighted by molar-refractivity contribution is -0.263. The Labute approximate surface area is 136 Å². The second-order valence-corrected chi connectivity index (χ2v) is 6.91. The van der Waals surface area contributed by atoms with Crippen molar-refractivity contribution >= 4 is 10.0 Å². The van der Waals surface area contributed by atoms with Gasteiger partial charge in [-0.05, 0) is 19.4 Å². The second kappa shape index (κ2) is 6.19. The number of benzene rings is 1. The van der Waals surface area contributed by atoms with Crippen LogP contribution in [-0.4, -0.2) is 31.4 Å². The van der Waals surface area contributed by atoms with Gasteiger partial charge in [0.25, 0.3) is 0 Å². The van der Waals surface area contributed by atoms with E-state index in [2.05, 4.69) is 5.16 Å². The van der Waals surface area contributed by atoms with Gasteiger partial charge in [-0.1, -0.05) is 35.5 Å². The van der Waals surface area contributed by atoms with Crippen molar-refractivity contribution in [3.05, 3.63) is 47.3 Å². The molecular formula is C14H15F3N2O4S. The van der Waals surface area contributed by atoms with Crippen LogP contribution in [0.4, 0.5) is 13.2 Å². The largest absolute Gasteiger partial charge is 0.422 e. The Kier molecular flexibility index (Phi) is 4.75. The number of aliphatic hydroxyl groups is 1. The van der Waals surface area contributed by atoms with Gasteiger partial charge in [0, 0.05) is 0 Å². The van der Waals surface area contributed by atoms with Crippen LogP contribution in [0.2, 0.25) is 0 Å². The average Bonchev–Trinajstić information content (AvgIpc) is 2.84. The zero-order valence-corrected chi connectivity index (χ0v) is 13.6. The number of aryl methyl sites for hydroxylation is 2. The Hall–Kier alpha value is -1.91. The molecule has 0 aliphatic heterocycles. The lowest BCUT2D eigenvalue weighted by atomic mass is 9.93. The van der Waals surface area contributed by atoms with Gasteiger partial charge in [-0.2, -0.15) is 13.2 Å². The highest BCUT2D eigenvalue weighted by molar-refractivity contribution is 7.89. The molecular weight excluding hydrogens is 349 g/mol. The Bertz CT molecular complexity index is 799. The molecule has 0 aliphatic rings. The monoisotopic (exact) mass is 364 g/mol. The Morgan fingerprint density at radius 1 is 1.21 bits per heavy atom. The van der Waals surface area contributed by atoms with E-state index in [4.69, 9.17) is 4.52 Å². The average molecular weight is 364 g/mol. The summed E-state index contributed by atoms with van der Waals surface area (Å²) in [5, 5.41) is 13.6. The molecule has 2 rings (SSSR count). The van der Waals surface area contributed by atoms with Crippen molar-refractivity contribution in [3.8, 4) is 0 Å². The highest BCUT2D eigenvalue weighted by atomic mass is 32.2. The Balaban J connectivity index is 2.36. The summed E-state index contributed by atoms with van der Waals surface area (Å²) in [5.41, 5.74) is -3.84. The molecule has 0 aliphatic carbocycles. The molecule has 0 amide bonds. The summed E-state index contributed by atoms with van der Waals surface area (Å²) >= 11 is 0. The van der Waals surface area contributed by atoms with Crippen LogP contribution in [0.15, 0.2) is 39.8 Å². The number of hydrogen-bond donors (Lipinski definition) is 2. The lowest BCUT2D eigenvalue weighted by Gasteiger charge is -2.31. The molecule has 2 aromatic rings. The number of alkyl halides is 3. The van der Waals surface area contributed by atoms with Crippen LogP contribution in [0.3, 0.4) is 0 Å². The summed E-state index contributed by atoms with van der Waals surface area (Å²) in [7, 11) is -4.35. The number of halogens is 3. The minimum atomic E-state index is -5.09. The molecule has 1 aromatic heterocycles. The number of nitrogens with zero attached hydrogens (tertiary/aromatic N) is 1. The van der Waals surface area contributed by atoms with Crippen LogP contribution in [0.1, 0.15) is 17.0 Å². The highest BCUT2D eigenvalue weighted by Gasteiger charge is 2.55. The molecule has 0 radical (unpaired) electrons. The van der Waals surface area contributed by atoms with Crippen molar-refractivity contribution in [1.82, 2.24) is 9.88 Å². The zero-order valence-electron chi connectivity index (χ0n) is 12.8. The van der Waals surface area contributed by atoms with Crippen molar-refractivity contribution < 1.29 is 31.2 Å². The molecule has 1 unspecified atom stereocenters. The normalized spacial score (nSPS) is 15.2. The van der Waals surface area contributed by atoms with Crippen LogP contribution < -0.4 is 4.72 Å². The molecule has 10 heteroatoms. The first kappa shape index (κ1) is 18.4. The Morgan fingerprint density at radius 3 is 2.25 bits per heavy atom. The fourth-order valence-corrected chi connectivity index (χ4v) is 3.59. The van der Waals surface area contributed by atoms with Crippen LogP contribution in [-0.2, 0) is 15.6 Å². The lowest BCUT2D eigenvalue weighted by Crippen LogP contribution is -2.51. The van der Waals surface area contributed by atoms with Crippen LogP contribution in [0, 0.1) is 13.8 Å². The third kappa shape index (κ3) is 3.30. The molecule has 0 fully saturated rings. The summed E-state index contributed by atoms with van der Waals surface area (Å²) in [6.45, 7) is 1.38. The minimum Gasteiger partial charge on any atom is -0.375 e. The molecule has 0 bridgehead atoms. The van der Waals surface area contributed by atoms with E-state index in [-0.39, 0.29) is 16.3 Å². The van der Waals surface area contributed by atoms with Crippen LogP contribution in [0.25, 0.3) is 0 Å². The molecule has 0 spiro atoms. The van der Waals surface area contributed by atoms with E-state index in [0.717, 1.165) is 12.1 Å². The summed E-state index contributed by atoms with van der Waals surface area (Å²) in [5.74, 6) is -0.0599. The van der Waals surface area contributed by atoms with Gasteiger partial charge in [0.1, 0.15) is 10.6 Å². The first-order valence-electron chi connectivity index (χ1n) is 6.76. The molecule has 0 saturated carbocycles. The van der Waals surface area contributed by atoms with Gasteiger partial charge in [0.15, 0.2) is 11.4 Å². The van der Waals surface area contributed by atoms with E-state index in [1.807, 2.05) is 0 Å². The first-order valence-corrected chi connectivity index (χ1v) is 8.24. The fourth-order valence-electron chi connectivity index (χ4n) is 2.21. The highest BCUT2D eigenvalue weighted by Crippen LogP contribution is 2.38. The van der Waals surface area contributed by atoms with Gasteiger partial charge in [-0.3, -0.25) is 0 Å². The predicted octanol–water partition coefficient (Wildman–Crippen LogP) is 2.02. The van der Waals surface area contributed by atoms with Gasteiger partial charge in [-0.25, -0.2) is 13.1 Å². The first-order chi connectivity index (χ1) is 11.0. The minimum absolute atomic E-state index is 0.00950. The van der Waals surface area contributed by atoms with Gasteiger partial charge in [0.05, 0.1) is 6.54 Å². The van der Waals surface area contributed by atoms with Crippen molar-refractivity contribution in [2.75, 3.05) is 6.54 Å². The van der Waals surface area contributed by atoms with Crippen molar-refractivity contribution in [1.29, 1.82) is 0 Å². The van der Waals surface area contributed by atoms with Crippen molar-refractivity contribution in [2.45, 2.75) is 30.5 Å². The topological polar surface area (TPSA) is 92.4 Å². The maximum atomic E-state index is 13.4. The second-order valence-electron chi connectivity index (χ2n) is 5.20. The molecule has 0 saturated heterocycles. The van der Waals surface area contributed by atoms with Gasteiger partial charge < -0.3 is 9.63 Å². The smallest absolute Gasteiger partial charge is 0.375 e. The number of hydrogen-bond acceptors (Lipinski definition) is 5. The third-order valence-electron chi connectivity index (χ3n) is 3.47. The molecule has 1 aromatic carbocycles. The summed E-state index contributed by atoms with van der Waals surface area (Å²) in [6.07, 6.45) is -5.09. The Morgan fingerprint density at radius 2 is 1.79 bits per heavy atom. The van der Waals surface area contributed by atoms with Crippen LogP contribution >= 0.6 is 0 Å². The summed E-state index contributed by atoms with van der Waals surface area (Å²) < 4.78 is 71.1. The van der Waals surface area contributed by atoms with Gasteiger partial charge >= 0.3 is 6.18 Å². The van der Waals surface area contributed by atoms with Gasteiger partial charge in [-0.15, -0.1) is 0 Å². The molecule has 132 valence electrons. The van der Waals surface area contributed by atoms with Gasteiger partial charge in [0.2, 0.25) is 10.0 Å². The predicted molar refractivity (Wildman–Crippen MR) is 77.6 cm³/mol. The number of sulfonamides is 1. The summed E-state index contributed by atoms with van der Waals surface area (Å²) in [6, 6.07) is 6.24. The van der Waals surface area contributed by atoms with E-state index in [9.17, 15) is 26.7 Å². The zero-order chi connectivity index (χ0) is 18.2. The number of rotatable bonds is 5. The van der Waals surface area contributed by atoms with Crippen molar-refractivity contribution in [3.63, 3.8) is 0 Å². The SMILES string of the molecule is Cc1noc(C)c1S(=O)(=O)NCC(O)(c1ccccc1)C(F)(F)F. The van der Waals surface area contributed by atoms with Crippen molar-refractivity contribution in [2.24, 2.45) is 0 Å².